The van der Waals surface area contributed by atoms with Crippen molar-refractivity contribution in [3.63, 3.8) is 0 Å². The zero-order valence-corrected chi connectivity index (χ0v) is 16.1. The number of benzene rings is 1. The number of halogens is 4. The summed E-state index contributed by atoms with van der Waals surface area (Å²) in [7, 11) is 0. The number of carbonyl (C=O) groups excluding carboxylic acids is 1. The van der Waals surface area contributed by atoms with E-state index in [2.05, 4.69) is 0 Å². The highest BCUT2D eigenvalue weighted by Crippen LogP contribution is 2.41. The molecule has 0 bridgehead atoms. The van der Waals surface area contributed by atoms with Gasteiger partial charge in [-0.1, -0.05) is 6.08 Å². The maximum Gasteiger partial charge on any atom is 0.396 e. The van der Waals surface area contributed by atoms with Crippen LogP contribution < -0.4 is 4.90 Å². The first kappa shape index (κ1) is 20.8. The van der Waals surface area contributed by atoms with E-state index in [9.17, 15) is 27.5 Å². The monoisotopic (exact) mass is 425 g/mol. The zero-order valence-electron chi connectivity index (χ0n) is 15.2. The van der Waals surface area contributed by atoms with E-state index in [1.807, 2.05) is 0 Å². The quantitative estimate of drug-likeness (QED) is 0.573. The Bertz CT molecular complexity index is 994. The molecule has 1 saturated heterocycles. The predicted molar refractivity (Wildman–Crippen MR) is 99.9 cm³/mol. The molecule has 0 saturated carbocycles. The number of nitrogens with zero attached hydrogens (tertiary/aromatic N) is 3. The van der Waals surface area contributed by atoms with Crippen molar-refractivity contribution in [1.82, 2.24) is 4.90 Å². The van der Waals surface area contributed by atoms with Gasteiger partial charge in [-0.2, -0.15) is 18.4 Å². The zero-order chi connectivity index (χ0) is 21.7. The van der Waals surface area contributed by atoms with E-state index in [0.717, 1.165) is 29.2 Å². The summed E-state index contributed by atoms with van der Waals surface area (Å²) in [5.74, 6) is -5.64. The van der Waals surface area contributed by atoms with Crippen LogP contribution in [0.15, 0.2) is 42.1 Å². The van der Waals surface area contributed by atoms with Gasteiger partial charge in [0.15, 0.2) is 16.7 Å². The molecule has 10 heteroatoms. The molecule has 29 heavy (non-hydrogen) atoms. The first-order valence-electron chi connectivity index (χ1n) is 8.43. The summed E-state index contributed by atoms with van der Waals surface area (Å²) in [6, 6.07) is 5.01. The lowest BCUT2D eigenvalue weighted by Gasteiger charge is -2.29. The summed E-state index contributed by atoms with van der Waals surface area (Å²) < 4.78 is 53.9. The lowest BCUT2D eigenvalue weighted by molar-refractivity contribution is -0.166. The number of phenolic OH excluding ortho intramolecular Hbond substituents is 1. The number of anilines is 1. The molecule has 2 aliphatic rings. The third-order valence-electron chi connectivity index (χ3n) is 4.85. The maximum absolute atomic E-state index is 13.8. The highest BCUT2D eigenvalue weighted by Gasteiger charge is 2.52. The highest BCUT2D eigenvalue weighted by atomic mass is 32.1. The Labute approximate surface area is 169 Å². The molecule has 152 valence electrons. The predicted octanol–water partition coefficient (Wildman–Crippen LogP) is 4.02. The number of rotatable bonds is 2. The molecule has 1 N–H and O–H groups in total. The lowest BCUT2D eigenvalue weighted by Crippen LogP contribution is -2.44. The number of nitriles is 1. The minimum atomic E-state index is -4.68. The van der Waals surface area contributed by atoms with Gasteiger partial charge < -0.3 is 10.0 Å². The second-order valence-corrected chi connectivity index (χ2v) is 7.49. The fourth-order valence-corrected chi connectivity index (χ4v) is 3.85. The van der Waals surface area contributed by atoms with Gasteiger partial charge in [0, 0.05) is 17.5 Å². The number of allylic oxidation sites excluding steroid dienone is 3. The molecule has 1 fully saturated rings. The van der Waals surface area contributed by atoms with Crippen LogP contribution in [0.3, 0.4) is 0 Å². The van der Waals surface area contributed by atoms with Gasteiger partial charge in [0.05, 0.1) is 17.9 Å². The van der Waals surface area contributed by atoms with E-state index < -0.39 is 41.0 Å². The van der Waals surface area contributed by atoms with Gasteiger partial charge in [0.1, 0.15) is 5.54 Å². The van der Waals surface area contributed by atoms with Crippen LogP contribution in [-0.4, -0.2) is 32.7 Å². The van der Waals surface area contributed by atoms with Crippen LogP contribution in [-0.2, 0) is 4.79 Å². The lowest BCUT2D eigenvalue weighted by atomic mass is 9.87. The molecular weight excluding hydrogens is 410 g/mol. The van der Waals surface area contributed by atoms with E-state index in [-0.39, 0.29) is 16.5 Å². The van der Waals surface area contributed by atoms with Crippen LogP contribution in [0.5, 0.6) is 5.75 Å². The van der Waals surface area contributed by atoms with Crippen LogP contribution in [0.2, 0.25) is 0 Å². The van der Waals surface area contributed by atoms with Crippen molar-refractivity contribution < 1.29 is 27.5 Å². The first-order valence-corrected chi connectivity index (χ1v) is 8.84. The van der Waals surface area contributed by atoms with Gasteiger partial charge in [-0.25, -0.2) is 4.39 Å². The second kappa shape index (κ2) is 6.84. The van der Waals surface area contributed by atoms with E-state index in [1.54, 1.807) is 6.07 Å². The summed E-state index contributed by atoms with van der Waals surface area (Å²) in [4.78, 5) is 15.3. The molecule has 5 nitrogen and oxygen atoms in total. The van der Waals surface area contributed by atoms with Crippen molar-refractivity contribution >= 4 is 28.9 Å². The Kier molecular flexibility index (Phi) is 4.91. The average Bonchev–Trinajstić information content (AvgIpc) is 2.81. The maximum atomic E-state index is 13.8. The van der Waals surface area contributed by atoms with Crippen molar-refractivity contribution in [3.8, 4) is 11.8 Å². The Morgan fingerprint density at radius 2 is 1.97 bits per heavy atom. The molecule has 3 rings (SSSR count). The third-order valence-corrected chi connectivity index (χ3v) is 5.22. The normalized spacial score (nSPS) is 24.0. The molecule has 2 atom stereocenters. The number of alkyl halides is 3. The highest BCUT2D eigenvalue weighted by molar-refractivity contribution is 7.80. The summed E-state index contributed by atoms with van der Waals surface area (Å²) >= 11 is 5.34. The summed E-state index contributed by atoms with van der Waals surface area (Å²) in [5, 5.41) is 18.2. The molecule has 1 aliphatic carbocycles. The molecule has 0 radical (unpaired) electrons. The minimum absolute atomic E-state index is 0.108. The minimum Gasteiger partial charge on any atom is -0.505 e. The fraction of sp³-hybridized carbons (Fsp3) is 0.316. The summed E-state index contributed by atoms with van der Waals surface area (Å²) in [6.45, 7) is 3.00. The molecule has 1 amide bonds. The number of carbonyl (C=O) groups is 1. The molecule has 1 aliphatic heterocycles. The van der Waals surface area contributed by atoms with Crippen molar-refractivity contribution in [2.45, 2.75) is 25.6 Å². The van der Waals surface area contributed by atoms with Crippen LogP contribution in [0.25, 0.3) is 0 Å². The Morgan fingerprint density at radius 1 is 1.31 bits per heavy atom. The number of hydrogen-bond donors (Lipinski definition) is 1. The van der Waals surface area contributed by atoms with Gasteiger partial charge in [-0.3, -0.25) is 9.69 Å². The van der Waals surface area contributed by atoms with E-state index in [1.165, 1.54) is 30.9 Å². The van der Waals surface area contributed by atoms with Crippen molar-refractivity contribution in [2.24, 2.45) is 11.8 Å². The largest absolute Gasteiger partial charge is 0.505 e. The molecule has 0 spiro atoms. The smallest absolute Gasteiger partial charge is 0.396 e. The Morgan fingerprint density at radius 3 is 2.52 bits per heavy atom. The second-order valence-electron chi connectivity index (χ2n) is 7.13. The van der Waals surface area contributed by atoms with Crippen LogP contribution in [0.4, 0.5) is 23.2 Å². The van der Waals surface area contributed by atoms with E-state index in [0.29, 0.717) is 0 Å². The van der Waals surface area contributed by atoms with Crippen molar-refractivity contribution in [3.05, 3.63) is 47.9 Å². The van der Waals surface area contributed by atoms with E-state index >= 15 is 0 Å². The van der Waals surface area contributed by atoms with Gasteiger partial charge in [0.25, 0.3) is 5.91 Å². The third kappa shape index (κ3) is 3.35. The van der Waals surface area contributed by atoms with Crippen LogP contribution in [0.1, 0.15) is 13.8 Å². The van der Waals surface area contributed by atoms with Gasteiger partial charge in [-0.15, -0.1) is 0 Å². The molecular formula is C19H15F4N3O2S. The SMILES string of the molecule is CC1(C)C(=O)N(C2=CC(C(F)(F)F)C(C#N)C=C2)C(=S)N1c1ccc(O)c(F)c1. The van der Waals surface area contributed by atoms with Crippen LogP contribution >= 0.6 is 12.2 Å². The summed E-state index contributed by atoms with van der Waals surface area (Å²) in [6.07, 6.45) is -1.55. The topological polar surface area (TPSA) is 67.6 Å². The Balaban J connectivity index is 2.05. The Hall–Kier alpha value is -2.93. The van der Waals surface area contributed by atoms with Gasteiger partial charge >= 0.3 is 6.18 Å². The molecule has 0 aromatic heterocycles. The molecule has 1 heterocycles. The number of aromatic hydroxyl groups is 1. The van der Waals surface area contributed by atoms with Crippen LogP contribution in [0, 0.1) is 29.0 Å². The van der Waals surface area contributed by atoms with Gasteiger partial charge in [0.2, 0.25) is 0 Å². The summed E-state index contributed by atoms with van der Waals surface area (Å²) in [5.41, 5.74) is -1.27. The van der Waals surface area contributed by atoms with Crippen molar-refractivity contribution in [2.75, 3.05) is 4.90 Å². The fourth-order valence-electron chi connectivity index (χ4n) is 3.33. The molecule has 1 aromatic rings. The molecule has 1 aromatic carbocycles. The van der Waals surface area contributed by atoms with E-state index in [4.69, 9.17) is 17.5 Å². The average molecular weight is 425 g/mol. The first-order chi connectivity index (χ1) is 13.4. The van der Waals surface area contributed by atoms with Crippen molar-refractivity contribution in [1.29, 1.82) is 5.26 Å². The number of thiocarbonyl (C=S) groups is 1. The number of amides is 1. The molecule has 2 unspecified atom stereocenters. The number of hydrogen-bond acceptors (Lipinski definition) is 4. The number of phenols is 1. The van der Waals surface area contributed by atoms with Gasteiger partial charge in [-0.05, 0) is 50.4 Å². The standard InChI is InChI=1S/C19H15F4N3O2S/c1-18(2)16(28)25(11-4-3-10(9-24)13(7-11)19(21,22)23)17(29)26(18)12-5-6-15(27)14(20)8-12/h3-8,10,13,27H,1-2H3.